The molecule has 0 bridgehead atoms. The van der Waals surface area contributed by atoms with Crippen molar-refractivity contribution < 1.29 is 23.7 Å². The molecule has 1 amide bonds. The maximum absolute atomic E-state index is 12.4. The molecule has 2 aromatic carbocycles. The van der Waals surface area contributed by atoms with Crippen LogP contribution in [-0.2, 0) is 0 Å². The van der Waals surface area contributed by atoms with Crippen LogP contribution in [0.2, 0.25) is 5.02 Å². The van der Waals surface area contributed by atoms with Gasteiger partial charge in [0.2, 0.25) is 0 Å². The fourth-order valence-corrected chi connectivity index (χ4v) is 2.79. The zero-order valence-corrected chi connectivity index (χ0v) is 18.0. The minimum absolute atomic E-state index is 0.334. The number of methoxy groups -OCH3 is 1. The predicted molar refractivity (Wildman–Crippen MR) is 118 cm³/mol. The van der Waals surface area contributed by atoms with Crippen LogP contribution in [0, 0.1) is 0 Å². The van der Waals surface area contributed by atoms with Crippen LogP contribution in [0.5, 0.6) is 23.0 Å². The summed E-state index contributed by atoms with van der Waals surface area (Å²) in [6.45, 7) is 8.59. The van der Waals surface area contributed by atoms with Crippen LogP contribution in [0.4, 0.5) is 0 Å². The van der Waals surface area contributed by atoms with E-state index < -0.39 is 5.91 Å². The van der Waals surface area contributed by atoms with Crippen molar-refractivity contribution in [1.82, 2.24) is 5.43 Å². The fourth-order valence-electron chi connectivity index (χ4n) is 2.52. The molecule has 160 valence electrons. The molecule has 0 saturated carbocycles. The van der Waals surface area contributed by atoms with Gasteiger partial charge in [0, 0.05) is 5.56 Å². The first-order valence-electron chi connectivity index (χ1n) is 9.38. The number of hydrazone groups is 1. The smallest absolute Gasteiger partial charge is 0.271 e. The number of nitrogens with one attached hydrogen (secondary N) is 1. The van der Waals surface area contributed by atoms with E-state index in [1.807, 2.05) is 13.8 Å². The van der Waals surface area contributed by atoms with Gasteiger partial charge in [-0.1, -0.05) is 24.3 Å². The van der Waals surface area contributed by atoms with E-state index in [9.17, 15) is 4.79 Å². The highest BCUT2D eigenvalue weighted by Crippen LogP contribution is 2.36. The minimum atomic E-state index is -0.401. The van der Waals surface area contributed by atoms with Crippen molar-refractivity contribution in [3.05, 3.63) is 59.1 Å². The summed E-state index contributed by atoms with van der Waals surface area (Å²) in [6, 6.07) is 8.27. The number of ether oxygens (including phenoxy) is 4. The van der Waals surface area contributed by atoms with Gasteiger partial charge in [0.15, 0.2) is 23.0 Å². The van der Waals surface area contributed by atoms with Gasteiger partial charge >= 0.3 is 0 Å². The molecule has 0 aromatic heterocycles. The molecule has 0 aliphatic carbocycles. The number of carbonyl (C=O) groups is 1. The minimum Gasteiger partial charge on any atom is -0.493 e. The highest BCUT2D eigenvalue weighted by Gasteiger charge is 2.13. The molecule has 0 fully saturated rings. The summed E-state index contributed by atoms with van der Waals surface area (Å²) < 4.78 is 21.9. The molecule has 2 rings (SSSR count). The lowest BCUT2D eigenvalue weighted by Gasteiger charge is -2.13. The standard InChI is InChI=1S/C22H25ClN2O5/c1-5-10-30-18-9-8-16(13-19(18)27-4)22(26)25-24-14-15-11-17(23)21(29-7-3)20(12-15)28-6-2/h5,8-9,11-14H,1,6-7,10H2,2-4H3,(H,25,26)/b24-14+. The van der Waals surface area contributed by atoms with Crippen molar-refractivity contribution in [2.24, 2.45) is 5.10 Å². The van der Waals surface area contributed by atoms with Gasteiger partial charge in [0.1, 0.15) is 6.61 Å². The van der Waals surface area contributed by atoms with E-state index in [2.05, 4.69) is 17.1 Å². The lowest BCUT2D eigenvalue weighted by atomic mass is 10.2. The van der Waals surface area contributed by atoms with Crippen molar-refractivity contribution >= 4 is 23.7 Å². The Kier molecular flexibility index (Phi) is 9.03. The molecule has 0 aliphatic rings. The van der Waals surface area contributed by atoms with Crippen LogP contribution in [-0.4, -0.2) is 39.1 Å². The number of carbonyl (C=O) groups excluding carboxylic acids is 1. The molecular formula is C22H25ClN2O5. The third kappa shape index (κ3) is 6.15. The van der Waals surface area contributed by atoms with Gasteiger partial charge in [-0.05, 0) is 49.7 Å². The normalized spacial score (nSPS) is 10.5. The van der Waals surface area contributed by atoms with Crippen molar-refractivity contribution in [3.63, 3.8) is 0 Å². The van der Waals surface area contributed by atoms with Gasteiger partial charge in [0.25, 0.3) is 5.91 Å². The van der Waals surface area contributed by atoms with Gasteiger partial charge < -0.3 is 18.9 Å². The van der Waals surface area contributed by atoms with Crippen LogP contribution >= 0.6 is 11.6 Å². The van der Waals surface area contributed by atoms with Crippen LogP contribution in [0.15, 0.2) is 48.1 Å². The molecule has 30 heavy (non-hydrogen) atoms. The van der Waals surface area contributed by atoms with Crippen LogP contribution in [0.3, 0.4) is 0 Å². The molecule has 2 aromatic rings. The third-order valence-electron chi connectivity index (χ3n) is 3.78. The average molecular weight is 433 g/mol. The summed E-state index contributed by atoms with van der Waals surface area (Å²) >= 11 is 6.28. The van der Waals surface area contributed by atoms with Gasteiger partial charge in [-0.2, -0.15) is 5.10 Å². The molecule has 0 spiro atoms. The van der Waals surface area contributed by atoms with E-state index in [0.29, 0.717) is 59.0 Å². The molecule has 0 radical (unpaired) electrons. The molecule has 7 nitrogen and oxygen atoms in total. The molecule has 0 aliphatic heterocycles. The quantitative estimate of drug-likeness (QED) is 0.322. The molecule has 1 N–H and O–H groups in total. The molecule has 0 heterocycles. The number of benzene rings is 2. The van der Waals surface area contributed by atoms with Crippen molar-refractivity contribution in [2.45, 2.75) is 13.8 Å². The Balaban J connectivity index is 2.13. The zero-order valence-electron chi connectivity index (χ0n) is 17.2. The molecule has 8 heteroatoms. The van der Waals surface area contributed by atoms with Crippen molar-refractivity contribution in [1.29, 1.82) is 0 Å². The summed E-state index contributed by atoms with van der Waals surface area (Å²) in [5, 5.41) is 4.40. The number of rotatable bonds is 11. The van der Waals surface area contributed by atoms with E-state index in [-0.39, 0.29) is 0 Å². The summed E-state index contributed by atoms with van der Waals surface area (Å²) in [4.78, 5) is 12.4. The molecule has 0 unspecified atom stereocenters. The Morgan fingerprint density at radius 1 is 1.10 bits per heavy atom. The lowest BCUT2D eigenvalue weighted by Crippen LogP contribution is -2.17. The fraction of sp³-hybridized carbons (Fsp3) is 0.273. The Bertz CT molecular complexity index is 915. The van der Waals surface area contributed by atoms with Crippen molar-refractivity contribution in [2.75, 3.05) is 26.9 Å². The van der Waals surface area contributed by atoms with Gasteiger partial charge in [-0.15, -0.1) is 0 Å². The Morgan fingerprint density at radius 3 is 2.53 bits per heavy atom. The van der Waals surface area contributed by atoms with Crippen LogP contribution in [0.25, 0.3) is 0 Å². The third-order valence-corrected chi connectivity index (χ3v) is 4.06. The highest BCUT2D eigenvalue weighted by atomic mass is 35.5. The summed E-state index contributed by atoms with van der Waals surface area (Å²) in [5.74, 6) is 1.55. The Labute approximate surface area is 181 Å². The summed E-state index contributed by atoms with van der Waals surface area (Å²) in [6.07, 6.45) is 3.10. The van der Waals surface area contributed by atoms with Crippen LogP contribution < -0.4 is 24.4 Å². The van der Waals surface area contributed by atoms with Crippen molar-refractivity contribution in [3.8, 4) is 23.0 Å². The maximum Gasteiger partial charge on any atom is 0.271 e. The largest absolute Gasteiger partial charge is 0.493 e. The number of halogens is 1. The van der Waals surface area contributed by atoms with Gasteiger partial charge in [-0.25, -0.2) is 5.43 Å². The van der Waals surface area contributed by atoms with E-state index >= 15 is 0 Å². The van der Waals surface area contributed by atoms with E-state index in [0.717, 1.165) is 0 Å². The summed E-state index contributed by atoms with van der Waals surface area (Å²) in [7, 11) is 1.50. The lowest BCUT2D eigenvalue weighted by molar-refractivity contribution is 0.0954. The van der Waals surface area contributed by atoms with Crippen LogP contribution in [0.1, 0.15) is 29.8 Å². The first-order valence-corrected chi connectivity index (χ1v) is 9.76. The SMILES string of the molecule is C=CCOc1ccc(C(=O)N/N=C/c2cc(Cl)c(OCC)c(OCC)c2)cc1OC. The second-order valence-electron chi connectivity index (χ2n) is 5.86. The zero-order chi connectivity index (χ0) is 21.9. The van der Waals surface area contributed by atoms with Gasteiger partial charge in [-0.3, -0.25) is 4.79 Å². The number of nitrogens with zero attached hydrogens (tertiary/aromatic N) is 1. The van der Waals surface area contributed by atoms with Gasteiger partial charge in [0.05, 0.1) is 31.6 Å². The van der Waals surface area contributed by atoms with E-state index in [4.69, 9.17) is 30.5 Å². The Morgan fingerprint density at radius 2 is 1.87 bits per heavy atom. The van der Waals surface area contributed by atoms with E-state index in [1.165, 1.54) is 13.3 Å². The van der Waals surface area contributed by atoms with E-state index in [1.54, 1.807) is 36.4 Å². The summed E-state index contributed by atoms with van der Waals surface area (Å²) in [5.41, 5.74) is 3.50. The predicted octanol–water partition coefficient (Wildman–Crippen LogP) is 4.47. The second kappa shape index (κ2) is 11.7. The number of hydrogen-bond acceptors (Lipinski definition) is 6. The molecule has 0 saturated heterocycles. The first kappa shape index (κ1) is 23.1. The Hall–Kier alpha value is -3.19. The number of amides is 1. The highest BCUT2D eigenvalue weighted by molar-refractivity contribution is 6.32. The average Bonchev–Trinajstić information content (AvgIpc) is 2.74. The molecular weight excluding hydrogens is 408 g/mol. The monoisotopic (exact) mass is 432 g/mol. The number of hydrogen-bond donors (Lipinski definition) is 1. The molecule has 0 atom stereocenters. The maximum atomic E-state index is 12.4. The first-order chi connectivity index (χ1) is 14.5. The second-order valence-corrected chi connectivity index (χ2v) is 6.27. The topological polar surface area (TPSA) is 78.4 Å².